The Morgan fingerprint density at radius 1 is 0.895 bits per heavy atom. The number of aliphatic carboxylic acids is 1. The smallest absolute Gasteiger partial charge is 0.0869 e. The van der Waals surface area contributed by atoms with Crippen LogP contribution in [0.5, 0.6) is 0 Å². The second-order valence-corrected chi connectivity index (χ2v) is 6.86. The molecule has 0 aromatic heterocycles. The third kappa shape index (κ3) is 68.4. The molecule has 0 rings (SSSR count). The molecule has 4 nitrogen and oxygen atoms in total. The van der Waals surface area contributed by atoms with Gasteiger partial charge in [0.1, 0.15) is 0 Å². The summed E-state index contributed by atoms with van der Waals surface area (Å²) < 4.78 is 2.03. The Morgan fingerprint density at radius 2 is 1.05 bits per heavy atom. The minimum absolute atomic E-state index is 0. The number of hydrogen-bond donors (Lipinski definition) is 2. The zero-order chi connectivity index (χ0) is 15.4. The fraction of sp³-hybridized carbons (Fsp3) is 0.917. The van der Waals surface area contributed by atoms with Crippen molar-refractivity contribution < 1.29 is 42.8 Å². The molecule has 0 radical (unpaired) electrons. The number of carbonyl (C=O) groups is 1. The van der Waals surface area contributed by atoms with Crippen molar-refractivity contribution in [1.29, 1.82) is 0 Å². The largest absolute Gasteiger partial charge is 1.00 e. The number of halogens is 1. The van der Waals surface area contributed by atoms with E-state index in [1.165, 1.54) is 0 Å². The van der Waals surface area contributed by atoms with E-state index in [1.54, 1.807) is 0 Å². The summed E-state index contributed by atoms with van der Waals surface area (Å²) in [5.41, 5.74) is 0. The average Bonchev–Trinajstić information content (AvgIpc) is 1.97. The second-order valence-electron chi connectivity index (χ2n) is 5.97. The van der Waals surface area contributed by atoms with Gasteiger partial charge in [0.05, 0.1) is 55.4 Å². The van der Waals surface area contributed by atoms with Crippen molar-refractivity contribution in [2.75, 3.05) is 66.9 Å². The minimum Gasteiger partial charge on any atom is -1.00 e. The lowest BCUT2D eigenvalue weighted by Gasteiger charge is -2.22. The van der Waals surface area contributed by atoms with Gasteiger partial charge in [0.2, 0.25) is 0 Å². The Kier molecular flexibility index (Phi) is 22.5. The molecule has 0 amide bonds. The van der Waals surface area contributed by atoms with E-state index in [2.05, 4.69) is 67.5 Å². The van der Waals surface area contributed by atoms with Gasteiger partial charge in [0, 0.05) is 17.5 Å². The van der Waals surface area contributed by atoms with Gasteiger partial charge in [-0.2, -0.15) is 25.3 Å². The average molecular weight is 426 g/mol. The van der Waals surface area contributed by atoms with Gasteiger partial charge in [-0.05, 0) is 6.92 Å². The third-order valence-electron chi connectivity index (χ3n) is 1.54. The van der Waals surface area contributed by atoms with Gasteiger partial charge < -0.3 is 42.8 Å². The Bertz CT molecular complexity index is 185. The summed E-state index contributed by atoms with van der Waals surface area (Å²) >= 11 is 8.20. The lowest BCUT2D eigenvalue weighted by atomic mass is 10.6. The van der Waals surface area contributed by atoms with Crippen LogP contribution in [-0.4, -0.2) is 81.8 Å². The number of carboxylic acids is 1. The lowest BCUT2D eigenvalue weighted by Crippen LogP contribution is -3.00. The summed E-state index contributed by atoms with van der Waals surface area (Å²) in [6.07, 6.45) is 0. The summed E-state index contributed by atoms with van der Waals surface area (Å²) in [6.45, 7) is 3.26. The van der Waals surface area contributed by atoms with E-state index in [-0.39, 0.29) is 24.0 Å². The van der Waals surface area contributed by atoms with E-state index in [9.17, 15) is 0 Å². The highest BCUT2D eigenvalue weighted by Crippen LogP contribution is 1.89. The van der Waals surface area contributed by atoms with Gasteiger partial charge in [-0.25, -0.2) is 0 Å². The first-order valence-electron chi connectivity index (χ1n) is 5.86. The lowest BCUT2D eigenvalue weighted by molar-refractivity contribution is -0.867. The van der Waals surface area contributed by atoms with Gasteiger partial charge in [0.15, 0.2) is 0 Å². The molecule has 7 heteroatoms. The van der Waals surface area contributed by atoms with Crippen LogP contribution in [0.4, 0.5) is 0 Å². The molecule has 0 bridgehead atoms. The van der Waals surface area contributed by atoms with Crippen LogP contribution >= 0.6 is 25.3 Å². The van der Waals surface area contributed by atoms with Crippen molar-refractivity contribution in [3.8, 4) is 0 Å². The van der Waals surface area contributed by atoms with E-state index < -0.39 is 5.97 Å². The normalized spacial score (nSPS) is 10.2. The first-order chi connectivity index (χ1) is 7.85. The van der Waals surface area contributed by atoms with Crippen LogP contribution in [0, 0.1) is 0 Å². The summed E-state index contributed by atoms with van der Waals surface area (Å²) in [6, 6.07) is 0. The number of hydrogen-bond acceptors (Lipinski definition) is 4. The molecule has 0 saturated heterocycles. The second kappa shape index (κ2) is 15.2. The standard InChI is InChI=1S/2C5H13NS.C2H4O2.HI/c2*1-6(2,3)4-5-7;1-2(3)4;/h2*4-5H2,1-3H3;1H3,(H,3,4);1H. The Labute approximate surface area is 147 Å². The predicted octanol–water partition coefficient (Wildman–Crippen LogP) is -2.99. The first-order valence-corrected chi connectivity index (χ1v) is 7.12. The number of carbonyl (C=O) groups excluding carboxylic acids is 1. The van der Waals surface area contributed by atoms with Crippen LogP contribution in [0.25, 0.3) is 0 Å². The number of quaternary nitrogens is 2. The van der Waals surface area contributed by atoms with Crippen LogP contribution in [-0.2, 0) is 4.79 Å². The molecular weight excluding hydrogens is 395 g/mol. The van der Waals surface area contributed by atoms with Gasteiger partial charge in [-0.15, -0.1) is 0 Å². The molecule has 0 unspecified atom stereocenters. The van der Waals surface area contributed by atoms with Gasteiger partial charge in [-0.3, -0.25) is 0 Å². The molecule has 0 atom stereocenters. The molecule has 0 fully saturated rings. The fourth-order valence-corrected chi connectivity index (χ4v) is 1.80. The van der Waals surface area contributed by atoms with E-state index in [4.69, 9.17) is 9.90 Å². The van der Waals surface area contributed by atoms with Crippen molar-refractivity contribution in [3.63, 3.8) is 0 Å². The topological polar surface area (TPSA) is 40.1 Å². The van der Waals surface area contributed by atoms with Crippen LogP contribution in [0.15, 0.2) is 0 Å². The maximum Gasteiger partial charge on any atom is 0.0869 e. The highest BCUT2D eigenvalue weighted by molar-refractivity contribution is 7.80. The van der Waals surface area contributed by atoms with Crippen LogP contribution in [0.2, 0.25) is 0 Å². The zero-order valence-corrected chi connectivity index (χ0v) is 17.3. The number of nitrogens with zero attached hydrogens (tertiary/aromatic N) is 2. The SMILES string of the molecule is CC(=O)[O-].C[N+](C)(C)CCS.C[N+](C)(C)CCS.[I-]. The van der Waals surface area contributed by atoms with Crippen LogP contribution in [0.1, 0.15) is 6.92 Å². The summed E-state index contributed by atoms with van der Waals surface area (Å²) in [5, 5.41) is 8.89. The van der Waals surface area contributed by atoms with Crippen molar-refractivity contribution >= 4 is 31.2 Å². The Balaban J connectivity index is -0.0000000900. The molecule has 0 saturated carbocycles. The molecule has 0 aromatic carbocycles. The van der Waals surface area contributed by atoms with E-state index in [1.807, 2.05) is 0 Å². The molecule has 0 aliphatic rings. The van der Waals surface area contributed by atoms with Crippen molar-refractivity contribution in [2.24, 2.45) is 0 Å². The first kappa shape index (κ1) is 28.0. The van der Waals surface area contributed by atoms with Crippen molar-refractivity contribution in [1.82, 2.24) is 0 Å². The zero-order valence-electron chi connectivity index (χ0n) is 13.3. The number of thiol groups is 2. The van der Waals surface area contributed by atoms with E-state index >= 15 is 0 Å². The minimum atomic E-state index is -1.08. The summed E-state index contributed by atoms with van der Waals surface area (Å²) in [5.74, 6) is 0.868. The molecule has 0 aromatic rings. The number of rotatable bonds is 4. The third-order valence-corrected chi connectivity index (χ3v) is 1.94. The van der Waals surface area contributed by atoms with Gasteiger partial charge >= 0.3 is 0 Å². The molecule has 0 spiro atoms. The molecule has 19 heavy (non-hydrogen) atoms. The maximum absolute atomic E-state index is 8.89. The molecule has 0 aliphatic carbocycles. The Morgan fingerprint density at radius 3 is 1.05 bits per heavy atom. The van der Waals surface area contributed by atoms with Crippen LogP contribution < -0.4 is 29.1 Å². The fourth-order valence-electron chi connectivity index (χ4n) is 0.600. The van der Waals surface area contributed by atoms with E-state index in [0.29, 0.717) is 0 Å². The van der Waals surface area contributed by atoms with Gasteiger partial charge in [0.25, 0.3) is 0 Å². The monoisotopic (exact) mass is 426 g/mol. The predicted molar refractivity (Wildman–Crippen MR) is 84.2 cm³/mol. The van der Waals surface area contributed by atoms with E-state index in [0.717, 1.165) is 40.5 Å². The number of carboxylic acid groups (broad SMARTS) is 1. The molecule has 120 valence electrons. The van der Waals surface area contributed by atoms with Gasteiger partial charge in [-0.1, -0.05) is 0 Å². The Hall–Kier alpha value is 0.820. The maximum atomic E-state index is 8.89. The molecule has 0 N–H and O–H groups in total. The van der Waals surface area contributed by atoms with Crippen molar-refractivity contribution in [3.05, 3.63) is 0 Å². The van der Waals surface area contributed by atoms with Crippen molar-refractivity contribution in [2.45, 2.75) is 6.92 Å². The quantitative estimate of drug-likeness (QED) is 0.286. The molecular formula is C12H31IN2O2S2. The molecule has 0 aliphatic heterocycles. The summed E-state index contributed by atoms with van der Waals surface area (Å²) in [7, 11) is 13.0. The molecule has 0 heterocycles. The highest BCUT2D eigenvalue weighted by Gasteiger charge is 2.02. The summed E-state index contributed by atoms with van der Waals surface area (Å²) in [4.78, 5) is 8.89. The van der Waals surface area contributed by atoms with Crippen LogP contribution in [0.3, 0.4) is 0 Å². The highest BCUT2D eigenvalue weighted by atomic mass is 127.